The number of benzene rings is 1. The molecule has 19 heavy (non-hydrogen) atoms. The molecule has 0 saturated carbocycles. The number of halogens is 2. The number of rotatable bonds is 3. The van der Waals surface area contributed by atoms with Gasteiger partial charge in [-0.05, 0) is 34.1 Å². The van der Waals surface area contributed by atoms with Crippen LogP contribution in [0.2, 0.25) is 0 Å². The summed E-state index contributed by atoms with van der Waals surface area (Å²) in [6.07, 6.45) is 0. The van der Waals surface area contributed by atoms with Gasteiger partial charge in [-0.15, -0.1) is 0 Å². The molecular weight excluding hydrogens is 319 g/mol. The summed E-state index contributed by atoms with van der Waals surface area (Å²) in [4.78, 5) is 10.9. The van der Waals surface area contributed by atoms with Crippen LogP contribution in [0.25, 0.3) is 11.3 Å². The minimum absolute atomic E-state index is 0.154. The van der Waals surface area contributed by atoms with Gasteiger partial charge in [0.15, 0.2) is 5.69 Å². The van der Waals surface area contributed by atoms with Crippen LogP contribution in [0, 0.1) is 5.82 Å². The highest BCUT2D eigenvalue weighted by molar-refractivity contribution is 9.10. The Balaban J connectivity index is 2.71. The third-order valence-electron chi connectivity index (χ3n) is 2.63. The zero-order valence-electron chi connectivity index (χ0n) is 10.1. The van der Waals surface area contributed by atoms with E-state index >= 15 is 0 Å². The minimum Gasteiger partial charge on any atom is -0.496 e. The predicted molar refractivity (Wildman–Crippen MR) is 69.8 cm³/mol. The quantitative estimate of drug-likeness (QED) is 0.940. The number of aromatic carboxylic acids is 1. The molecule has 1 N–H and O–H groups in total. The first-order valence-electron chi connectivity index (χ1n) is 5.25. The SMILES string of the molecule is COc1ccc(Br)c(F)c1-c1cc(C(=O)O)nn1C. The van der Waals surface area contributed by atoms with Crippen molar-refractivity contribution in [1.82, 2.24) is 9.78 Å². The molecule has 2 aromatic rings. The van der Waals surface area contributed by atoms with Crippen LogP contribution in [0.5, 0.6) is 5.75 Å². The Morgan fingerprint density at radius 3 is 2.74 bits per heavy atom. The molecule has 7 heteroatoms. The van der Waals surface area contributed by atoms with Gasteiger partial charge in [-0.2, -0.15) is 5.10 Å². The van der Waals surface area contributed by atoms with Crippen molar-refractivity contribution >= 4 is 21.9 Å². The normalized spacial score (nSPS) is 10.5. The van der Waals surface area contributed by atoms with E-state index in [4.69, 9.17) is 9.84 Å². The number of ether oxygens (including phenoxy) is 1. The van der Waals surface area contributed by atoms with Crippen LogP contribution in [0.4, 0.5) is 4.39 Å². The number of aryl methyl sites for hydroxylation is 1. The molecule has 0 radical (unpaired) electrons. The molecule has 0 aliphatic carbocycles. The molecule has 0 atom stereocenters. The Morgan fingerprint density at radius 2 is 2.21 bits per heavy atom. The first kappa shape index (κ1) is 13.5. The van der Waals surface area contributed by atoms with Crippen LogP contribution in [-0.2, 0) is 7.05 Å². The van der Waals surface area contributed by atoms with Crippen LogP contribution < -0.4 is 4.74 Å². The highest BCUT2D eigenvalue weighted by atomic mass is 79.9. The Hall–Kier alpha value is -1.89. The zero-order chi connectivity index (χ0) is 14.2. The number of nitrogens with zero attached hydrogens (tertiary/aromatic N) is 2. The summed E-state index contributed by atoms with van der Waals surface area (Å²) in [6.45, 7) is 0. The summed E-state index contributed by atoms with van der Waals surface area (Å²) in [5.74, 6) is -1.39. The number of aromatic nitrogens is 2. The minimum atomic E-state index is -1.17. The maximum atomic E-state index is 14.2. The van der Waals surface area contributed by atoms with E-state index in [9.17, 15) is 9.18 Å². The van der Waals surface area contributed by atoms with Crippen molar-refractivity contribution in [3.8, 4) is 17.0 Å². The lowest BCUT2D eigenvalue weighted by Crippen LogP contribution is -2.00. The monoisotopic (exact) mass is 328 g/mol. The molecule has 0 aliphatic rings. The van der Waals surface area contributed by atoms with Gasteiger partial charge in [0.1, 0.15) is 11.6 Å². The highest BCUT2D eigenvalue weighted by Crippen LogP contribution is 2.36. The lowest BCUT2D eigenvalue weighted by Gasteiger charge is -2.10. The maximum absolute atomic E-state index is 14.2. The van der Waals surface area contributed by atoms with E-state index in [-0.39, 0.29) is 15.7 Å². The first-order chi connectivity index (χ1) is 8.95. The molecule has 0 saturated heterocycles. The Labute approximate surface area is 116 Å². The van der Waals surface area contributed by atoms with Gasteiger partial charge in [0.25, 0.3) is 0 Å². The second-order valence-corrected chi connectivity index (χ2v) is 4.64. The summed E-state index contributed by atoms with van der Waals surface area (Å²) < 4.78 is 20.9. The van der Waals surface area contributed by atoms with E-state index in [1.165, 1.54) is 23.9 Å². The molecule has 100 valence electrons. The summed E-state index contributed by atoms with van der Waals surface area (Å²) in [5, 5.41) is 12.7. The van der Waals surface area contributed by atoms with E-state index < -0.39 is 11.8 Å². The molecule has 0 bridgehead atoms. The van der Waals surface area contributed by atoms with Gasteiger partial charge in [0.2, 0.25) is 0 Å². The van der Waals surface area contributed by atoms with E-state index in [2.05, 4.69) is 21.0 Å². The fourth-order valence-corrected chi connectivity index (χ4v) is 2.08. The van der Waals surface area contributed by atoms with Gasteiger partial charge >= 0.3 is 5.97 Å². The number of hydrogen-bond donors (Lipinski definition) is 1. The van der Waals surface area contributed by atoms with Crippen molar-refractivity contribution in [2.75, 3.05) is 7.11 Å². The van der Waals surface area contributed by atoms with E-state index in [0.29, 0.717) is 11.4 Å². The second kappa shape index (κ2) is 5.00. The zero-order valence-corrected chi connectivity index (χ0v) is 11.7. The molecule has 1 aromatic heterocycles. The third-order valence-corrected chi connectivity index (χ3v) is 3.24. The fourth-order valence-electron chi connectivity index (χ4n) is 1.75. The van der Waals surface area contributed by atoms with Crippen molar-refractivity contribution in [1.29, 1.82) is 0 Å². The van der Waals surface area contributed by atoms with Crippen molar-refractivity contribution in [3.63, 3.8) is 0 Å². The molecule has 0 unspecified atom stereocenters. The summed E-state index contributed by atoms with van der Waals surface area (Å²) >= 11 is 3.09. The molecule has 1 aromatic carbocycles. The summed E-state index contributed by atoms with van der Waals surface area (Å²) in [6, 6.07) is 4.41. The number of hydrogen-bond acceptors (Lipinski definition) is 3. The molecule has 0 amide bonds. The summed E-state index contributed by atoms with van der Waals surface area (Å²) in [5.41, 5.74) is 0.339. The number of carboxylic acids is 1. The largest absolute Gasteiger partial charge is 0.496 e. The fraction of sp³-hybridized carbons (Fsp3) is 0.167. The molecule has 0 spiro atoms. The van der Waals surface area contributed by atoms with Gasteiger partial charge in [-0.25, -0.2) is 9.18 Å². The maximum Gasteiger partial charge on any atom is 0.356 e. The van der Waals surface area contributed by atoms with Crippen molar-refractivity contribution in [3.05, 3.63) is 34.2 Å². The van der Waals surface area contributed by atoms with Gasteiger partial charge in [0.05, 0.1) is 22.8 Å². The summed E-state index contributed by atoms with van der Waals surface area (Å²) in [7, 11) is 2.96. The predicted octanol–water partition coefficient (Wildman–Crippen LogP) is 2.70. The van der Waals surface area contributed by atoms with Crippen LogP contribution >= 0.6 is 15.9 Å². The molecule has 5 nitrogen and oxygen atoms in total. The smallest absolute Gasteiger partial charge is 0.356 e. The first-order valence-corrected chi connectivity index (χ1v) is 6.04. The average molecular weight is 329 g/mol. The van der Waals surface area contributed by atoms with E-state index in [0.717, 1.165) is 0 Å². The van der Waals surface area contributed by atoms with Crippen molar-refractivity contribution in [2.45, 2.75) is 0 Å². The number of methoxy groups -OCH3 is 1. The van der Waals surface area contributed by atoms with Crippen molar-refractivity contribution < 1.29 is 19.0 Å². The lowest BCUT2D eigenvalue weighted by molar-refractivity contribution is 0.0689. The average Bonchev–Trinajstić information content (AvgIpc) is 2.74. The Morgan fingerprint density at radius 1 is 1.53 bits per heavy atom. The van der Waals surface area contributed by atoms with Crippen molar-refractivity contribution in [2.24, 2.45) is 7.05 Å². The number of carbonyl (C=O) groups is 1. The van der Waals surface area contributed by atoms with Gasteiger partial charge in [-0.1, -0.05) is 0 Å². The highest BCUT2D eigenvalue weighted by Gasteiger charge is 2.20. The van der Waals surface area contributed by atoms with Gasteiger partial charge in [-0.3, -0.25) is 4.68 Å². The molecule has 2 rings (SSSR count). The Kier molecular flexibility index (Phi) is 3.57. The molecule has 0 aliphatic heterocycles. The van der Waals surface area contributed by atoms with E-state index in [1.807, 2.05) is 0 Å². The van der Waals surface area contributed by atoms with E-state index in [1.54, 1.807) is 13.1 Å². The van der Waals surface area contributed by atoms with Crippen LogP contribution in [-0.4, -0.2) is 28.0 Å². The van der Waals surface area contributed by atoms with Crippen LogP contribution in [0.3, 0.4) is 0 Å². The topological polar surface area (TPSA) is 64.3 Å². The second-order valence-electron chi connectivity index (χ2n) is 3.78. The van der Waals surface area contributed by atoms with Crippen LogP contribution in [0.15, 0.2) is 22.7 Å². The Bertz CT molecular complexity index is 655. The third kappa shape index (κ3) is 2.33. The van der Waals surface area contributed by atoms with Crippen LogP contribution in [0.1, 0.15) is 10.5 Å². The lowest BCUT2D eigenvalue weighted by atomic mass is 10.1. The molecule has 0 fully saturated rings. The van der Waals surface area contributed by atoms with Gasteiger partial charge < -0.3 is 9.84 Å². The standard InChI is InChI=1S/C12H10BrFN2O3/c1-16-8(5-7(15-16)12(17)18)10-9(19-2)4-3-6(13)11(10)14/h3-5H,1-2H3,(H,17,18). The van der Waals surface area contributed by atoms with Gasteiger partial charge in [0, 0.05) is 7.05 Å². The molecular formula is C12H10BrFN2O3. The number of carboxylic acid groups (broad SMARTS) is 1. The molecule has 1 heterocycles.